The van der Waals surface area contributed by atoms with Crippen molar-refractivity contribution in [3.05, 3.63) is 74.6 Å². The maximum Gasteiger partial charge on any atom is 0.273 e. The van der Waals surface area contributed by atoms with Gasteiger partial charge in [0.05, 0.1) is 4.92 Å². The molecule has 8 nitrogen and oxygen atoms in total. The molecule has 30 heavy (non-hydrogen) atoms. The standard InChI is InChI=1S/C21H19ClN4O4/c1-13-5-6-15(12-18(13)26(28)29)21(27)25-11-3-2-4-17(25)20-23-19(24-30-20)14-7-9-16(22)10-8-14/h5-10,12,17H,2-4,11H2,1H3. The Morgan fingerprint density at radius 1 is 1.23 bits per heavy atom. The van der Waals surface area contributed by atoms with Crippen molar-refractivity contribution >= 4 is 23.2 Å². The van der Waals surface area contributed by atoms with Gasteiger partial charge in [-0.25, -0.2) is 0 Å². The van der Waals surface area contributed by atoms with Gasteiger partial charge in [0.15, 0.2) is 0 Å². The molecule has 3 aromatic rings. The molecule has 0 spiro atoms. The maximum absolute atomic E-state index is 13.2. The highest BCUT2D eigenvalue weighted by Crippen LogP contribution is 2.33. The van der Waals surface area contributed by atoms with E-state index in [4.69, 9.17) is 16.1 Å². The molecule has 4 rings (SSSR count). The second-order valence-corrected chi connectivity index (χ2v) is 7.67. The predicted octanol–water partition coefficient (Wildman–Crippen LogP) is 4.97. The molecule has 1 aliphatic rings. The van der Waals surface area contributed by atoms with Gasteiger partial charge < -0.3 is 9.42 Å². The van der Waals surface area contributed by atoms with E-state index in [2.05, 4.69) is 10.1 Å². The van der Waals surface area contributed by atoms with Gasteiger partial charge in [-0.2, -0.15) is 4.98 Å². The summed E-state index contributed by atoms with van der Waals surface area (Å²) in [6, 6.07) is 11.2. The number of nitro benzene ring substituents is 1. The van der Waals surface area contributed by atoms with E-state index in [0.29, 0.717) is 35.3 Å². The topological polar surface area (TPSA) is 102 Å². The molecule has 1 atom stereocenters. The third-order valence-electron chi connectivity index (χ3n) is 5.25. The quantitative estimate of drug-likeness (QED) is 0.431. The van der Waals surface area contributed by atoms with E-state index >= 15 is 0 Å². The van der Waals surface area contributed by atoms with Crippen molar-refractivity contribution in [2.75, 3.05) is 6.54 Å². The monoisotopic (exact) mass is 426 g/mol. The van der Waals surface area contributed by atoms with Crippen molar-refractivity contribution in [2.24, 2.45) is 0 Å². The summed E-state index contributed by atoms with van der Waals surface area (Å²) < 4.78 is 5.49. The highest BCUT2D eigenvalue weighted by molar-refractivity contribution is 6.30. The van der Waals surface area contributed by atoms with Crippen LogP contribution in [0.4, 0.5) is 5.69 Å². The number of nitro groups is 1. The van der Waals surface area contributed by atoms with Gasteiger partial charge >= 0.3 is 0 Å². The minimum absolute atomic E-state index is 0.0720. The molecule has 1 saturated heterocycles. The van der Waals surface area contributed by atoms with Gasteiger partial charge in [0.25, 0.3) is 11.6 Å². The summed E-state index contributed by atoms with van der Waals surface area (Å²) in [5.74, 6) is 0.495. The third-order valence-corrected chi connectivity index (χ3v) is 5.50. The lowest BCUT2D eigenvalue weighted by atomic mass is 10.00. The van der Waals surface area contributed by atoms with E-state index in [1.54, 1.807) is 48.2 Å². The first-order chi connectivity index (χ1) is 14.4. The highest BCUT2D eigenvalue weighted by atomic mass is 35.5. The number of aromatic nitrogens is 2. The number of rotatable bonds is 4. The zero-order chi connectivity index (χ0) is 21.3. The van der Waals surface area contributed by atoms with Gasteiger partial charge in [-0.1, -0.05) is 22.8 Å². The number of nitrogens with zero attached hydrogens (tertiary/aromatic N) is 4. The van der Waals surface area contributed by atoms with Crippen LogP contribution in [0.3, 0.4) is 0 Å². The molecule has 154 valence electrons. The fourth-order valence-corrected chi connectivity index (χ4v) is 3.75. The lowest BCUT2D eigenvalue weighted by molar-refractivity contribution is -0.385. The largest absolute Gasteiger partial charge is 0.337 e. The molecule has 1 unspecified atom stereocenters. The van der Waals surface area contributed by atoms with E-state index in [1.807, 2.05) is 0 Å². The molecular formula is C21H19ClN4O4. The summed E-state index contributed by atoms with van der Waals surface area (Å²) in [6.45, 7) is 2.16. The van der Waals surface area contributed by atoms with E-state index in [0.717, 1.165) is 18.4 Å². The van der Waals surface area contributed by atoms with Crippen molar-refractivity contribution in [2.45, 2.75) is 32.2 Å². The summed E-state index contributed by atoms with van der Waals surface area (Å²) in [7, 11) is 0. The van der Waals surface area contributed by atoms with Crippen molar-refractivity contribution in [3.8, 4) is 11.4 Å². The fraction of sp³-hybridized carbons (Fsp3) is 0.286. The normalized spacial score (nSPS) is 16.5. The lowest BCUT2D eigenvalue weighted by Crippen LogP contribution is -2.38. The molecule has 0 aliphatic carbocycles. The summed E-state index contributed by atoms with van der Waals surface area (Å²) in [4.78, 5) is 30.1. The molecule has 1 aromatic heterocycles. The highest BCUT2D eigenvalue weighted by Gasteiger charge is 2.33. The molecule has 1 aliphatic heterocycles. The summed E-state index contributed by atoms with van der Waals surface area (Å²) >= 11 is 5.93. The predicted molar refractivity (Wildman–Crippen MR) is 110 cm³/mol. The second-order valence-electron chi connectivity index (χ2n) is 7.23. The molecule has 0 bridgehead atoms. The van der Waals surface area contributed by atoms with Gasteiger partial charge in [0.2, 0.25) is 11.7 Å². The number of carbonyl (C=O) groups is 1. The SMILES string of the molecule is Cc1ccc(C(=O)N2CCCCC2c2nc(-c3ccc(Cl)cc3)no2)cc1[N+](=O)[O-]. The van der Waals surface area contributed by atoms with Crippen LogP contribution in [-0.2, 0) is 0 Å². The molecule has 0 N–H and O–H groups in total. The maximum atomic E-state index is 13.2. The average molecular weight is 427 g/mol. The minimum atomic E-state index is -0.476. The number of benzene rings is 2. The smallest absolute Gasteiger partial charge is 0.273 e. The van der Waals surface area contributed by atoms with Crippen LogP contribution < -0.4 is 0 Å². The second kappa shape index (κ2) is 8.23. The first-order valence-electron chi connectivity index (χ1n) is 9.59. The van der Waals surface area contributed by atoms with Crippen molar-refractivity contribution < 1.29 is 14.2 Å². The van der Waals surface area contributed by atoms with Crippen molar-refractivity contribution in [1.82, 2.24) is 15.0 Å². The van der Waals surface area contributed by atoms with E-state index in [-0.39, 0.29) is 23.2 Å². The van der Waals surface area contributed by atoms with Crippen molar-refractivity contribution in [3.63, 3.8) is 0 Å². The molecule has 0 radical (unpaired) electrons. The van der Waals surface area contributed by atoms with Crippen LogP contribution in [0.2, 0.25) is 5.02 Å². The zero-order valence-corrected chi connectivity index (χ0v) is 17.0. The number of carbonyl (C=O) groups excluding carboxylic acids is 1. The number of halogens is 1. The molecular weight excluding hydrogens is 408 g/mol. The molecule has 2 aromatic carbocycles. The molecule has 2 heterocycles. The van der Waals surface area contributed by atoms with Crippen LogP contribution in [-0.4, -0.2) is 32.4 Å². The van der Waals surface area contributed by atoms with Crippen LogP contribution in [0, 0.1) is 17.0 Å². The summed E-state index contributed by atoms with van der Waals surface area (Å²) in [5, 5.41) is 15.9. The Balaban J connectivity index is 1.62. The van der Waals surface area contributed by atoms with Gasteiger partial charge in [0.1, 0.15) is 6.04 Å². The van der Waals surface area contributed by atoms with Crippen molar-refractivity contribution in [1.29, 1.82) is 0 Å². The first-order valence-corrected chi connectivity index (χ1v) is 9.97. The Hall–Kier alpha value is -3.26. The molecule has 1 amide bonds. The van der Waals surface area contributed by atoms with Crippen LogP contribution in [0.15, 0.2) is 47.0 Å². The molecule has 0 saturated carbocycles. The van der Waals surface area contributed by atoms with Crippen LogP contribution in [0.1, 0.15) is 47.1 Å². The number of piperidine rings is 1. The lowest BCUT2D eigenvalue weighted by Gasteiger charge is -2.33. The Bertz CT molecular complexity index is 1100. The third kappa shape index (κ3) is 3.91. The number of amides is 1. The average Bonchev–Trinajstić information content (AvgIpc) is 3.24. The van der Waals surface area contributed by atoms with E-state index in [9.17, 15) is 14.9 Å². The Morgan fingerprint density at radius 2 is 2.00 bits per heavy atom. The summed E-state index contributed by atoms with van der Waals surface area (Å²) in [5.41, 5.74) is 1.47. The van der Waals surface area contributed by atoms with E-state index in [1.165, 1.54) is 6.07 Å². The Morgan fingerprint density at radius 3 is 2.73 bits per heavy atom. The minimum Gasteiger partial charge on any atom is -0.337 e. The number of hydrogen-bond acceptors (Lipinski definition) is 6. The Kier molecular flexibility index (Phi) is 5.50. The zero-order valence-electron chi connectivity index (χ0n) is 16.2. The number of aryl methyl sites for hydroxylation is 1. The molecule has 9 heteroatoms. The van der Waals surface area contributed by atoms with Crippen LogP contribution in [0.5, 0.6) is 0 Å². The summed E-state index contributed by atoms with van der Waals surface area (Å²) in [6.07, 6.45) is 2.44. The van der Waals surface area contributed by atoms with Gasteiger partial charge in [-0.3, -0.25) is 14.9 Å². The number of likely N-dealkylation sites (tertiary alicyclic amines) is 1. The van der Waals surface area contributed by atoms with Crippen LogP contribution >= 0.6 is 11.6 Å². The van der Waals surface area contributed by atoms with Gasteiger partial charge in [-0.05, 0) is 56.5 Å². The molecule has 1 fully saturated rings. The first kappa shape index (κ1) is 20.0. The van der Waals surface area contributed by atoms with E-state index < -0.39 is 4.92 Å². The van der Waals surface area contributed by atoms with Crippen LogP contribution in [0.25, 0.3) is 11.4 Å². The fourth-order valence-electron chi connectivity index (χ4n) is 3.62. The van der Waals surface area contributed by atoms with Gasteiger partial charge in [0, 0.05) is 34.3 Å². The Labute approximate surface area is 177 Å². The van der Waals surface area contributed by atoms with Gasteiger partial charge in [-0.15, -0.1) is 0 Å². The number of hydrogen-bond donors (Lipinski definition) is 0.